The number of nitrogen functional groups attached to an aromatic ring is 1. The fourth-order valence-corrected chi connectivity index (χ4v) is 2.08. The third-order valence-corrected chi connectivity index (χ3v) is 3.08. The SMILES string of the molecule is CCN(C(=O)c1cc(N)ccc1[N+](=O)[O-])c1ccccc1. The average molecular weight is 285 g/mol. The lowest BCUT2D eigenvalue weighted by Gasteiger charge is -2.21. The number of amides is 1. The molecule has 0 bridgehead atoms. The Balaban J connectivity index is 2.48. The van der Waals surface area contributed by atoms with Crippen molar-refractivity contribution in [3.8, 4) is 0 Å². The number of benzene rings is 2. The van der Waals surface area contributed by atoms with Crippen molar-refractivity contribution in [1.29, 1.82) is 0 Å². The predicted octanol–water partition coefficient (Wildman–Crippen LogP) is 2.84. The Labute approximate surface area is 121 Å². The van der Waals surface area contributed by atoms with E-state index in [-0.39, 0.29) is 11.3 Å². The highest BCUT2D eigenvalue weighted by atomic mass is 16.6. The second kappa shape index (κ2) is 6.04. The lowest BCUT2D eigenvalue weighted by atomic mass is 10.1. The van der Waals surface area contributed by atoms with Crippen LogP contribution < -0.4 is 10.6 Å². The van der Waals surface area contributed by atoms with Gasteiger partial charge in [0.15, 0.2) is 0 Å². The van der Waals surface area contributed by atoms with Crippen LogP contribution in [0.5, 0.6) is 0 Å². The summed E-state index contributed by atoms with van der Waals surface area (Å²) in [5, 5.41) is 11.1. The Morgan fingerprint density at radius 1 is 1.24 bits per heavy atom. The quantitative estimate of drug-likeness (QED) is 0.531. The second-order valence-electron chi connectivity index (χ2n) is 4.42. The minimum atomic E-state index is -0.578. The Morgan fingerprint density at radius 2 is 1.90 bits per heavy atom. The van der Waals surface area contributed by atoms with Crippen molar-refractivity contribution >= 4 is 23.0 Å². The molecule has 0 aromatic heterocycles. The maximum Gasteiger partial charge on any atom is 0.282 e. The van der Waals surface area contributed by atoms with Crippen LogP contribution in [-0.2, 0) is 0 Å². The van der Waals surface area contributed by atoms with Gasteiger partial charge in [0.25, 0.3) is 11.6 Å². The summed E-state index contributed by atoms with van der Waals surface area (Å²) in [6.07, 6.45) is 0. The predicted molar refractivity (Wildman–Crippen MR) is 81.3 cm³/mol. The van der Waals surface area contributed by atoms with E-state index in [4.69, 9.17) is 5.73 Å². The Morgan fingerprint density at radius 3 is 2.48 bits per heavy atom. The molecule has 0 unspecified atom stereocenters. The second-order valence-corrected chi connectivity index (χ2v) is 4.42. The van der Waals surface area contributed by atoms with Crippen molar-refractivity contribution in [2.75, 3.05) is 17.2 Å². The van der Waals surface area contributed by atoms with Gasteiger partial charge in [0.2, 0.25) is 0 Å². The van der Waals surface area contributed by atoms with Crippen LogP contribution in [-0.4, -0.2) is 17.4 Å². The minimum absolute atomic E-state index is 0.00861. The van der Waals surface area contributed by atoms with Crippen molar-refractivity contribution in [1.82, 2.24) is 0 Å². The molecule has 2 rings (SSSR count). The molecule has 6 heteroatoms. The van der Waals surface area contributed by atoms with Gasteiger partial charge in [0, 0.05) is 24.0 Å². The first kappa shape index (κ1) is 14.5. The van der Waals surface area contributed by atoms with Gasteiger partial charge in [0.1, 0.15) is 5.56 Å². The van der Waals surface area contributed by atoms with Crippen molar-refractivity contribution in [3.63, 3.8) is 0 Å². The number of nitrogens with zero attached hydrogens (tertiary/aromatic N) is 2. The summed E-state index contributed by atoms with van der Waals surface area (Å²) >= 11 is 0. The normalized spacial score (nSPS) is 10.1. The smallest absolute Gasteiger partial charge is 0.282 e. The molecule has 0 atom stereocenters. The summed E-state index contributed by atoms with van der Waals surface area (Å²) in [6, 6.07) is 13.0. The van der Waals surface area contributed by atoms with Crippen molar-refractivity contribution < 1.29 is 9.72 Å². The Bertz CT molecular complexity index is 671. The lowest BCUT2D eigenvalue weighted by molar-refractivity contribution is -0.385. The number of rotatable bonds is 4. The lowest BCUT2D eigenvalue weighted by Crippen LogP contribution is -2.31. The van der Waals surface area contributed by atoms with Crippen LogP contribution in [0.2, 0.25) is 0 Å². The molecule has 0 radical (unpaired) electrons. The summed E-state index contributed by atoms with van der Waals surface area (Å²) in [5.74, 6) is -0.442. The first-order valence-electron chi connectivity index (χ1n) is 6.45. The topological polar surface area (TPSA) is 89.5 Å². The van der Waals surface area contributed by atoms with E-state index in [0.29, 0.717) is 17.9 Å². The van der Waals surface area contributed by atoms with Crippen molar-refractivity contribution in [3.05, 3.63) is 64.2 Å². The van der Waals surface area contributed by atoms with E-state index in [1.165, 1.54) is 23.1 Å². The average Bonchev–Trinajstić information content (AvgIpc) is 2.48. The zero-order valence-electron chi connectivity index (χ0n) is 11.5. The third kappa shape index (κ3) is 3.00. The summed E-state index contributed by atoms with van der Waals surface area (Å²) in [4.78, 5) is 24.6. The number of carbonyl (C=O) groups is 1. The maximum atomic E-state index is 12.6. The molecule has 0 spiro atoms. The van der Waals surface area contributed by atoms with Gasteiger partial charge in [-0.25, -0.2) is 0 Å². The summed E-state index contributed by atoms with van der Waals surface area (Å²) in [7, 11) is 0. The zero-order valence-corrected chi connectivity index (χ0v) is 11.5. The van der Waals surface area contributed by atoms with Crippen molar-refractivity contribution in [2.24, 2.45) is 0 Å². The molecular formula is C15H15N3O3. The van der Waals surface area contributed by atoms with Crippen LogP contribution in [0.1, 0.15) is 17.3 Å². The molecule has 1 amide bonds. The van der Waals surface area contributed by atoms with Gasteiger partial charge in [0.05, 0.1) is 4.92 Å². The molecule has 6 nitrogen and oxygen atoms in total. The Hall–Kier alpha value is -2.89. The third-order valence-electron chi connectivity index (χ3n) is 3.08. The van der Waals surface area contributed by atoms with Gasteiger partial charge in [-0.3, -0.25) is 14.9 Å². The van der Waals surface area contributed by atoms with Gasteiger partial charge in [-0.05, 0) is 31.2 Å². The molecule has 0 heterocycles. The number of hydrogen-bond donors (Lipinski definition) is 1. The molecule has 2 aromatic carbocycles. The molecular weight excluding hydrogens is 270 g/mol. The number of para-hydroxylation sites is 1. The minimum Gasteiger partial charge on any atom is -0.399 e. The molecule has 0 fully saturated rings. The first-order chi connectivity index (χ1) is 10.0. The van der Waals surface area contributed by atoms with Crippen LogP contribution in [0.4, 0.5) is 17.1 Å². The number of hydrogen-bond acceptors (Lipinski definition) is 4. The summed E-state index contributed by atoms with van der Waals surface area (Å²) in [6.45, 7) is 2.21. The van der Waals surface area contributed by atoms with E-state index in [1.54, 1.807) is 24.3 Å². The fourth-order valence-electron chi connectivity index (χ4n) is 2.08. The molecule has 2 aromatic rings. The molecule has 108 valence electrons. The van der Waals surface area contributed by atoms with E-state index >= 15 is 0 Å². The number of anilines is 2. The molecule has 0 saturated carbocycles. The number of carbonyl (C=O) groups excluding carboxylic acids is 1. The number of nitrogens with two attached hydrogens (primary N) is 1. The molecule has 21 heavy (non-hydrogen) atoms. The van der Waals surface area contributed by atoms with Gasteiger partial charge in [-0.1, -0.05) is 18.2 Å². The highest BCUT2D eigenvalue weighted by Crippen LogP contribution is 2.25. The first-order valence-corrected chi connectivity index (χ1v) is 6.45. The molecule has 2 N–H and O–H groups in total. The van der Waals surface area contributed by atoms with E-state index in [0.717, 1.165) is 0 Å². The van der Waals surface area contributed by atoms with Crippen LogP contribution in [0.15, 0.2) is 48.5 Å². The van der Waals surface area contributed by atoms with Crippen molar-refractivity contribution in [2.45, 2.75) is 6.92 Å². The van der Waals surface area contributed by atoms with E-state index in [9.17, 15) is 14.9 Å². The van der Waals surface area contributed by atoms with Gasteiger partial charge < -0.3 is 10.6 Å². The maximum absolute atomic E-state index is 12.6. The van der Waals surface area contributed by atoms with E-state index < -0.39 is 10.8 Å². The summed E-state index contributed by atoms with van der Waals surface area (Å²) in [5.41, 5.74) is 6.39. The van der Waals surface area contributed by atoms with Crippen LogP contribution in [0.3, 0.4) is 0 Å². The molecule has 0 aliphatic rings. The van der Waals surface area contributed by atoms with Crippen LogP contribution in [0, 0.1) is 10.1 Å². The molecule has 0 saturated heterocycles. The number of nitro groups is 1. The molecule has 0 aliphatic carbocycles. The highest BCUT2D eigenvalue weighted by Gasteiger charge is 2.25. The molecule has 0 aliphatic heterocycles. The van der Waals surface area contributed by atoms with E-state index in [1.807, 2.05) is 13.0 Å². The Kier molecular flexibility index (Phi) is 4.18. The monoisotopic (exact) mass is 285 g/mol. The van der Waals surface area contributed by atoms with E-state index in [2.05, 4.69) is 0 Å². The number of nitro benzene ring substituents is 1. The standard InChI is InChI=1S/C15H15N3O3/c1-2-17(12-6-4-3-5-7-12)15(19)13-10-11(16)8-9-14(13)18(20)21/h3-10H,2,16H2,1H3. The van der Waals surface area contributed by atoms with Crippen LogP contribution >= 0.6 is 0 Å². The van der Waals surface area contributed by atoms with Gasteiger partial charge in [-0.2, -0.15) is 0 Å². The largest absolute Gasteiger partial charge is 0.399 e. The van der Waals surface area contributed by atoms with Gasteiger partial charge >= 0.3 is 0 Å². The zero-order chi connectivity index (χ0) is 15.4. The van der Waals surface area contributed by atoms with Crippen LogP contribution in [0.25, 0.3) is 0 Å². The fraction of sp³-hybridized carbons (Fsp3) is 0.133. The summed E-state index contributed by atoms with van der Waals surface area (Å²) < 4.78 is 0. The highest BCUT2D eigenvalue weighted by molar-refractivity contribution is 6.09. The van der Waals surface area contributed by atoms with Gasteiger partial charge in [-0.15, -0.1) is 0 Å².